The zero-order valence-electron chi connectivity index (χ0n) is 13.8. The number of fused-ring (bicyclic) bond motifs is 5. The molecule has 0 aliphatic heterocycles. The van der Waals surface area contributed by atoms with Crippen molar-refractivity contribution in [2.45, 2.75) is 0 Å². The molecule has 0 saturated carbocycles. The summed E-state index contributed by atoms with van der Waals surface area (Å²) in [4.78, 5) is 0. The molecule has 6 aromatic rings. The summed E-state index contributed by atoms with van der Waals surface area (Å²) in [5.41, 5.74) is 0. The van der Waals surface area contributed by atoms with Gasteiger partial charge in [-0.2, -0.15) is 0 Å². The van der Waals surface area contributed by atoms with Crippen LogP contribution in [-0.2, 0) is 0 Å². The fourth-order valence-corrected chi connectivity index (χ4v) is 4.48. The smallest absolute Gasteiger partial charge is 0.165 e. The first kappa shape index (κ1) is 13.7. The van der Waals surface area contributed by atoms with Crippen molar-refractivity contribution >= 4 is 53.9 Å². The van der Waals surface area contributed by atoms with Gasteiger partial charge in [0.1, 0.15) is 0 Å². The Kier molecular flexibility index (Phi) is 2.41. The summed E-state index contributed by atoms with van der Waals surface area (Å²) < 4.78 is 0. The van der Waals surface area contributed by atoms with Crippen molar-refractivity contribution in [3.63, 3.8) is 0 Å². The molecular formula is C24H14O2. The summed E-state index contributed by atoms with van der Waals surface area (Å²) in [6.07, 6.45) is 0. The summed E-state index contributed by atoms with van der Waals surface area (Å²) in [6.45, 7) is 0. The van der Waals surface area contributed by atoms with E-state index in [4.69, 9.17) is 0 Å². The molecule has 0 heterocycles. The molecule has 2 N–H and O–H groups in total. The summed E-state index contributed by atoms with van der Waals surface area (Å²) in [6, 6.07) is 24.5. The van der Waals surface area contributed by atoms with Gasteiger partial charge in [-0.05, 0) is 66.7 Å². The van der Waals surface area contributed by atoms with Crippen molar-refractivity contribution < 1.29 is 10.2 Å². The fourth-order valence-electron chi connectivity index (χ4n) is 4.48. The van der Waals surface area contributed by atoms with Crippen LogP contribution in [0.2, 0.25) is 0 Å². The average Bonchev–Trinajstić information content (AvgIpc) is 2.69. The predicted molar refractivity (Wildman–Crippen MR) is 108 cm³/mol. The summed E-state index contributed by atoms with van der Waals surface area (Å²) in [5, 5.41) is 31.6. The first-order valence-electron chi connectivity index (χ1n) is 8.67. The molecule has 0 aliphatic carbocycles. The molecule has 2 nitrogen and oxygen atoms in total. The van der Waals surface area contributed by atoms with Gasteiger partial charge in [0.05, 0.1) is 0 Å². The molecule has 0 fully saturated rings. The van der Waals surface area contributed by atoms with Crippen LogP contribution < -0.4 is 0 Å². The molecular weight excluding hydrogens is 320 g/mol. The summed E-state index contributed by atoms with van der Waals surface area (Å²) in [5.74, 6) is -0.147. The molecule has 6 rings (SSSR count). The number of hydrogen-bond acceptors (Lipinski definition) is 2. The molecule has 0 saturated heterocycles. The highest BCUT2D eigenvalue weighted by atomic mass is 16.3. The average molecular weight is 334 g/mol. The van der Waals surface area contributed by atoms with Crippen LogP contribution in [0.5, 0.6) is 11.5 Å². The van der Waals surface area contributed by atoms with E-state index < -0.39 is 0 Å². The molecule has 0 unspecified atom stereocenters. The number of aromatic hydroxyl groups is 2. The van der Waals surface area contributed by atoms with Crippen LogP contribution in [0.15, 0.2) is 72.8 Å². The highest BCUT2D eigenvalue weighted by Gasteiger charge is 2.17. The summed E-state index contributed by atoms with van der Waals surface area (Å²) in [7, 11) is 0. The Balaban J connectivity index is 2.11. The molecule has 0 bridgehead atoms. The lowest BCUT2D eigenvalue weighted by atomic mass is 9.86. The van der Waals surface area contributed by atoms with Crippen LogP contribution in [0.3, 0.4) is 0 Å². The highest BCUT2D eigenvalue weighted by Crippen LogP contribution is 2.46. The Bertz CT molecular complexity index is 1500. The molecule has 0 radical (unpaired) electrons. The van der Waals surface area contributed by atoms with Crippen molar-refractivity contribution in [3.8, 4) is 11.5 Å². The second kappa shape index (κ2) is 4.55. The molecule has 26 heavy (non-hydrogen) atoms. The minimum atomic E-state index is -0.0883. The SMILES string of the molecule is Oc1ccc2c(cc3ccc4cccc5c6ccccc6c2c3c45)c1O. The van der Waals surface area contributed by atoms with Gasteiger partial charge in [0.25, 0.3) is 0 Å². The van der Waals surface area contributed by atoms with E-state index in [1.54, 1.807) is 6.07 Å². The number of benzene rings is 6. The van der Waals surface area contributed by atoms with Crippen molar-refractivity contribution in [2.75, 3.05) is 0 Å². The van der Waals surface area contributed by atoms with Crippen molar-refractivity contribution in [3.05, 3.63) is 72.8 Å². The van der Waals surface area contributed by atoms with Crippen molar-refractivity contribution in [2.24, 2.45) is 0 Å². The molecule has 0 spiro atoms. The molecule has 0 amide bonds. The third-order valence-corrected chi connectivity index (χ3v) is 5.58. The quantitative estimate of drug-likeness (QED) is 0.194. The minimum absolute atomic E-state index is 0.0583. The number of hydrogen-bond donors (Lipinski definition) is 2. The van der Waals surface area contributed by atoms with E-state index in [-0.39, 0.29) is 11.5 Å². The number of phenolic OH excluding ortho intramolecular Hbond substituents is 2. The standard InChI is InChI=1S/C24H14O2/c25-20-11-10-18-19(24(20)26)12-14-9-8-13-4-3-7-16-15-5-1-2-6-17(15)23(18)22(14)21(13)16/h1-12,25-26H. The van der Waals surface area contributed by atoms with Crippen LogP contribution in [-0.4, -0.2) is 10.2 Å². The Morgan fingerprint density at radius 2 is 1.15 bits per heavy atom. The fraction of sp³-hybridized carbons (Fsp3) is 0. The molecule has 2 heteroatoms. The maximum Gasteiger partial charge on any atom is 0.165 e. The van der Waals surface area contributed by atoms with Crippen LogP contribution in [0.25, 0.3) is 53.9 Å². The first-order valence-corrected chi connectivity index (χ1v) is 8.67. The second-order valence-electron chi connectivity index (χ2n) is 6.89. The molecule has 6 aromatic carbocycles. The van der Waals surface area contributed by atoms with E-state index in [9.17, 15) is 10.2 Å². The van der Waals surface area contributed by atoms with Gasteiger partial charge in [0, 0.05) is 5.39 Å². The Labute approximate surface area is 148 Å². The van der Waals surface area contributed by atoms with E-state index in [2.05, 4.69) is 54.6 Å². The van der Waals surface area contributed by atoms with E-state index >= 15 is 0 Å². The Hall–Kier alpha value is -3.52. The lowest BCUT2D eigenvalue weighted by Gasteiger charge is -2.17. The summed E-state index contributed by atoms with van der Waals surface area (Å²) >= 11 is 0. The van der Waals surface area contributed by atoms with Gasteiger partial charge in [-0.15, -0.1) is 0 Å². The number of phenols is 2. The van der Waals surface area contributed by atoms with Crippen LogP contribution in [0, 0.1) is 0 Å². The van der Waals surface area contributed by atoms with E-state index in [1.165, 1.54) is 32.3 Å². The Morgan fingerprint density at radius 3 is 2.04 bits per heavy atom. The normalized spacial score (nSPS) is 12.2. The van der Waals surface area contributed by atoms with Crippen LogP contribution >= 0.6 is 0 Å². The van der Waals surface area contributed by atoms with Gasteiger partial charge < -0.3 is 10.2 Å². The second-order valence-corrected chi connectivity index (χ2v) is 6.89. The third-order valence-electron chi connectivity index (χ3n) is 5.58. The zero-order valence-corrected chi connectivity index (χ0v) is 13.8. The first-order chi connectivity index (χ1) is 12.7. The van der Waals surface area contributed by atoms with Crippen molar-refractivity contribution in [1.29, 1.82) is 0 Å². The zero-order chi connectivity index (χ0) is 17.4. The molecule has 122 valence electrons. The maximum absolute atomic E-state index is 10.5. The third kappa shape index (κ3) is 1.52. The Morgan fingerprint density at radius 1 is 0.462 bits per heavy atom. The molecule has 0 aromatic heterocycles. The number of rotatable bonds is 0. The lowest BCUT2D eigenvalue weighted by Crippen LogP contribution is -1.89. The van der Waals surface area contributed by atoms with Crippen molar-refractivity contribution in [1.82, 2.24) is 0 Å². The largest absolute Gasteiger partial charge is 0.504 e. The van der Waals surface area contributed by atoms with Crippen LogP contribution in [0.1, 0.15) is 0 Å². The van der Waals surface area contributed by atoms with E-state index in [0.29, 0.717) is 5.39 Å². The topological polar surface area (TPSA) is 40.5 Å². The predicted octanol–water partition coefficient (Wildman–Crippen LogP) is 6.30. The monoisotopic (exact) mass is 334 g/mol. The van der Waals surface area contributed by atoms with Crippen LogP contribution in [0.4, 0.5) is 0 Å². The molecule has 0 aliphatic rings. The van der Waals surface area contributed by atoms with Gasteiger partial charge >= 0.3 is 0 Å². The van der Waals surface area contributed by atoms with E-state index in [0.717, 1.165) is 16.2 Å². The van der Waals surface area contributed by atoms with Gasteiger partial charge in [-0.3, -0.25) is 0 Å². The van der Waals surface area contributed by atoms with E-state index in [1.807, 2.05) is 12.1 Å². The van der Waals surface area contributed by atoms with Gasteiger partial charge in [-0.25, -0.2) is 0 Å². The molecule has 0 atom stereocenters. The minimum Gasteiger partial charge on any atom is -0.504 e. The maximum atomic E-state index is 10.5. The van der Waals surface area contributed by atoms with Gasteiger partial charge in [0.2, 0.25) is 0 Å². The van der Waals surface area contributed by atoms with Gasteiger partial charge in [-0.1, -0.05) is 54.6 Å². The van der Waals surface area contributed by atoms with Gasteiger partial charge in [0.15, 0.2) is 11.5 Å². The highest BCUT2D eigenvalue weighted by molar-refractivity contribution is 6.38. The lowest BCUT2D eigenvalue weighted by molar-refractivity contribution is 0.408.